The average molecular weight is 344 g/mol. The molecule has 2 rings (SSSR count). The summed E-state index contributed by atoms with van der Waals surface area (Å²) in [6.07, 6.45) is 3.42. The van der Waals surface area contributed by atoms with Crippen LogP contribution in [0.3, 0.4) is 0 Å². The third-order valence-electron chi connectivity index (χ3n) is 3.86. The number of nitrogens with one attached hydrogen (secondary N) is 2. The van der Waals surface area contributed by atoms with Crippen LogP contribution in [0.4, 0.5) is 0 Å². The fourth-order valence-electron chi connectivity index (χ4n) is 2.61. The van der Waals surface area contributed by atoms with E-state index in [0.29, 0.717) is 6.61 Å². The monoisotopic (exact) mass is 344 g/mol. The third kappa shape index (κ3) is 4.90. The molecule has 0 radical (unpaired) electrons. The molecule has 25 heavy (non-hydrogen) atoms. The zero-order valence-electron chi connectivity index (χ0n) is 14.7. The van der Waals surface area contributed by atoms with E-state index < -0.39 is 12.0 Å². The lowest BCUT2D eigenvalue weighted by Crippen LogP contribution is -2.39. The Balaban J connectivity index is 2.08. The number of amides is 1. The number of esters is 1. The van der Waals surface area contributed by atoms with Gasteiger partial charge >= 0.3 is 5.97 Å². The van der Waals surface area contributed by atoms with Gasteiger partial charge in [0.15, 0.2) is 0 Å². The minimum Gasteiger partial charge on any atom is -0.465 e. The van der Waals surface area contributed by atoms with Crippen LogP contribution in [0.25, 0.3) is 0 Å². The molecule has 0 aliphatic heterocycles. The van der Waals surface area contributed by atoms with E-state index in [1.165, 1.54) is 0 Å². The molecule has 134 valence electrons. The molecular weight excluding hydrogens is 320 g/mol. The minimum atomic E-state index is -0.545. The molecule has 0 aliphatic carbocycles. The number of aromatic nitrogens is 2. The summed E-state index contributed by atoms with van der Waals surface area (Å²) in [6.45, 7) is 2.23. The van der Waals surface area contributed by atoms with E-state index in [9.17, 15) is 9.59 Å². The van der Waals surface area contributed by atoms with E-state index in [2.05, 4.69) is 15.7 Å². The van der Waals surface area contributed by atoms with E-state index >= 15 is 0 Å². The van der Waals surface area contributed by atoms with Crippen LogP contribution in [0.1, 0.15) is 30.0 Å². The van der Waals surface area contributed by atoms with E-state index in [1.54, 1.807) is 38.1 Å². The second-order valence-electron chi connectivity index (χ2n) is 5.63. The Kier molecular flexibility index (Phi) is 6.71. The number of hydrogen-bond acceptors (Lipinski definition) is 5. The zero-order valence-corrected chi connectivity index (χ0v) is 14.7. The number of carbonyl (C=O) groups is 2. The van der Waals surface area contributed by atoms with Crippen molar-refractivity contribution in [1.29, 1.82) is 0 Å². The Morgan fingerprint density at radius 1 is 1.24 bits per heavy atom. The van der Waals surface area contributed by atoms with E-state index in [-0.39, 0.29) is 18.4 Å². The molecule has 2 N–H and O–H groups in total. The minimum absolute atomic E-state index is 0.167. The molecule has 0 bridgehead atoms. The second-order valence-corrected chi connectivity index (χ2v) is 5.63. The number of benzene rings is 1. The summed E-state index contributed by atoms with van der Waals surface area (Å²) in [7, 11) is 3.50. The molecule has 2 unspecified atom stereocenters. The lowest BCUT2D eigenvalue weighted by Gasteiger charge is -2.19. The first-order chi connectivity index (χ1) is 12.1. The number of nitrogens with zero attached hydrogens (tertiary/aromatic N) is 2. The first-order valence-electron chi connectivity index (χ1n) is 8.21. The first kappa shape index (κ1) is 18.7. The molecular formula is C18H24N4O3. The van der Waals surface area contributed by atoms with Gasteiger partial charge in [0, 0.05) is 25.4 Å². The van der Waals surface area contributed by atoms with Gasteiger partial charge in [-0.15, -0.1) is 0 Å². The van der Waals surface area contributed by atoms with E-state index in [4.69, 9.17) is 4.74 Å². The summed E-state index contributed by atoms with van der Waals surface area (Å²) in [5, 5.41) is 9.89. The summed E-state index contributed by atoms with van der Waals surface area (Å²) in [6, 6.07) is 8.76. The first-order valence-corrected chi connectivity index (χ1v) is 8.21. The van der Waals surface area contributed by atoms with Gasteiger partial charge < -0.3 is 15.4 Å². The lowest BCUT2D eigenvalue weighted by atomic mass is 9.99. The van der Waals surface area contributed by atoms with Crippen molar-refractivity contribution in [2.75, 3.05) is 20.2 Å². The zero-order chi connectivity index (χ0) is 18.2. The van der Waals surface area contributed by atoms with Crippen molar-refractivity contribution in [3.8, 4) is 0 Å². The lowest BCUT2D eigenvalue weighted by molar-refractivity contribution is -0.144. The second kappa shape index (κ2) is 8.98. The molecule has 2 aromatic rings. The number of ether oxygens (including phenoxy) is 1. The highest BCUT2D eigenvalue weighted by Gasteiger charge is 2.25. The average Bonchev–Trinajstić information content (AvgIpc) is 3.03. The molecule has 1 aromatic heterocycles. The Morgan fingerprint density at radius 2 is 1.96 bits per heavy atom. The van der Waals surface area contributed by atoms with Crippen LogP contribution >= 0.6 is 0 Å². The van der Waals surface area contributed by atoms with Gasteiger partial charge in [0.2, 0.25) is 5.91 Å². The van der Waals surface area contributed by atoms with Crippen LogP contribution < -0.4 is 10.6 Å². The highest BCUT2D eigenvalue weighted by molar-refractivity contribution is 5.84. The number of rotatable bonds is 8. The largest absolute Gasteiger partial charge is 0.465 e. The van der Waals surface area contributed by atoms with Crippen molar-refractivity contribution in [2.45, 2.75) is 18.9 Å². The van der Waals surface area contributed by atoms with Gasteiger partial charge in [0.1, 0.15) is 6.04 Å². The molecule has 0 aliphatic rings. The molecule has 0 fully saturated rings. The van der Waals surface area contributed by atoms with Crippen LogP contribution in [0.5, 0.6) is 0 Å². The Labute approximate surface area is 147 Å². The molecule has 7 heteroatoms. The molecule has 0 saturated heterocycles. The molecule has 0 saturated carbocycles. The summed E-state index contributed by atoms with van der Waals surface area (Å²) >= 11 is 0. The number of aryl methyl sites for hydroxylation is 1. The normalized spacial score (nSPS) is 13.1. The van der Waals surface area contributed by atoms with Gasteiger partial charge in [-0.1, -0.05) is 30.3 Å². The van der Waals surface area contributed by atoms with Crippen LogP contribution in [0.2, 0.25) is 0 Å². The van der Waals surface area contributed by atoms with Crippen molar-refractivity contribution >= 4 is 11.9 Å². The van der Waals surface area contributed by atoms with Crippen LogP contribution in [0, 0.1) is 0 Å². The summed E-state index contributed by atoms with van der Waals surface area (Å²) in [4.78, 5) is 24.8. The fraction of sp³-hybridized carbons (Fsp3) is 0.389. The molecule has 7 nitrogen and oxygen atoms in total. The summed E-state index contributed by atoms with van der Waals surface area (Å²) < 4.78 is 6.78. The quantitative estimate of drug-likeness (QED) is 0.702. The van der Waals surface area contributed by atoms with Crippen LogP contribution in [-0.4, -0.2) is 41.9 Å². The van der Waals surface area contributed by atoms with Crippen molar-refractivity contribution in [2.24, 2.45) is 7.05 Å². The molecule has 1 aromatic carbocycles. The van der Waals surface area contributed by atoms with Gasteiger partial charge in [-0.05, 0) is 19.5 Å². The topological polar surface area (TPSA) is 85.2 Å². The van der Waals surface area contributed by atoms with E-state index in [1.807, 2.05) is 30.3 Å². The molecule has 2 atom stereocenters. The predicted octanol–water partition coefficient (Wildman–Crippen LogP) is 1.14. The molecule has 1 heterocycles. The van der Waals surface area contributed by atoms with Crippen LogP contribution in [-0.2, 0) is 21.4 Å². The van der Waals surface area contributed by atoms with Gasteiger partial charge in [-0.3, -0.25) is 14.3 Å². The summed E-state index contributed by atoms with van der Waals surface area (Å²) in [5.74, 6) is -1.12. The SMILES string of the molecule is CCOC(=O)C(CNC(=O)C(NC)c1cnn(C)c1)c1ccccc1. The van der Waals surface area contributed by atoms with Crippen molar-refractivity contribution in [3.63, 3.8) is 0 Å². The van der Waals surface area contributed by atoms with Gasteiger partial charge in [-0.2, -0.15) is 5.10 Å². The Morgan fingerprint density at radius 3 is 2.52 bits per heavy atom. The number of hydrogen-bond donors (Lipinski definition) is 2. The van der Waals surface area contributed by atoms with E-state index in [0.717, 1.165) is 11.1 Å². The standard InChI is InChI=1S/C18H24N4O3/c1-4-25-18(24)15(13-8-6-5-7-9-13)11-20-17(23)16(19-2)14-10-21-22(3)12-14/h5-10,12,15-16,19H,4,11H2,1-3H3,(H,20,23). The van der Waals surface area contributed by atoms with Crippen molar-refractivity contribution in [1.82, 2.24) is 20.4 Å². The number of likely N-dealkylation sites (N-methyl/N-ethyl adjacent to an activating group) is 1. The Hall–Kier alpha value is -2.67. The third-order valence-corrected chi connectivity index (χ3v) is 3.86. The van der Waals surface area contributed by atoms with Crippen LogP contribution in [0.15, 0.2) is 42.7 Å². The van der Waals surface area contributed by atoms with Gasteiger partial charge in [0.05, 0.1) is 18.7 Å². The van der Waals surface area contributed by atoms with Gasteiger partial charge in [0.25, 0.3) is 0 Å². The highest BCUT2D eigenvalue weighted by Crippen LogP contribution is 2.18. The maximum Gasteiger partial charge on any atom is 0.315 e. The maximum atomic E-state index is 12.5. The smallest absolute Gasteiger partial charge is 0.315 e. The van der Waals surface area contributed by atoms with Crippen molar-refractivity contribution < 1.29 is 14.3 Å². The highest BCUT2D eigenvalue weighted by atomic mass is 16.5. The Bertz CT molecular complexity index is 699. The number of carbonyl (C=O) groups excluding carboxylic acids is 2. The van der Waals surface area contributed by atoms with Gasteiger partial charge in [-0.25, -0.2) is 0 Å². The fourth-order valence-corrected chi connectivity index (χ4v) is 2.61. The molecule has 0 spiro atoms. The molecule has 1 amide bonds. The van der Waals surface area contributed by atoms with Crippen molar-refractivity contribution in [3.05, 3.63) is 53.9 Å². The summed E-state index contributed by atoms with van der Waals surface area (Å²) in [5.41, 5.74) is 1.57. The predicted molar refractivity (Wildman–Crippen MR) is 93.8 cm³/mol. The maximum absolute atomic E-state index is 12.5.